The van der Waals surface area contributed by atoms with E-state index in [0.717, 1.165) is 11.6 Å². The van der Waals surface area contributed by atoms with Crippen molar-refractivity contribution in [2.24, 2.45) is 5.92 Å². The predicted molar refractivity (Wildman–Crippen MR) is 50.8 cm³/mol. The summed E-state index contributed by atoms with van der Waals surface area (Å²) in [7, 11) is 0. The van der Waals surface area contributed by atoms with Gasteiger partial charge in [0, 0.05) is 0 Å². The SMILES string of the molecule is CC(C)C1=CC=CC(C(F)(F)F)=CC1. The number of rotatable bonds is 1. The third kappa shape index (κ3) is 2.76. The third-order valence-corrected chi connectivity index (χ3v) is 2.21. The quantitative estimate of drug-likeness (QED) is 0.602. The van der Waals surface area contributed by atoms with Crippen LogP contribution in [0.4, 0.5) is 13.2 Å². The first-order valence-electron chi connectivity index (χ1n) is 4.55. The summed E-state index contributed by atoms with van der Waals surface area (Å²) in [6.45, 7) is 3.96. The van der Waals surface area contributed by atoms with Crippen molar-refractivity contribution in [3.63, 3.8) is 0 Å². The van der Waals surface area contributed by atoms with Crippen LogP contribution in [-0.2, 0) is 0 Å². The van der Waals surface area contributed by atoms with Crippen molar-refractivity contribution in [3.05, 3.63) is 35.5 Å². The molecule has 0 fully saturated rings. The Balaban J connectivity index is 2.83. The van der Waals surface area contributed by atoms with Crippen LogP contribution in [-0.4, -0.2) is 6.18 Å². The molecule has 3 heteroatoms. The minimum atomic E-state index is -4.23. The van der Waals surface area contributed by atoms with Gasteiger partial charge in [-0.15, -0.1) is 0 Å². The number of halogens is 3. The Kier molecular flexibility index (Phi) is 3.19. The lowest BCUT2D eigenvalue weighted by atomic mass is 10.00. The zero-order chi connectivity index (χ0) is 10.8. The monoisotopic (exact) mass is 202 g/mol. The van der Waals surface area contributed by atoms with Crippen LogP contribution in [0.5, 0.6) is 0 Å². The molecule has 0 aromatic rings. The van der Waals surface area contributed by atoms with Gasteiger partial charge in [-0.2, -0.15) is 13.2 Å². The first kappa shape index (κ1) is 11.1. The van der Waals surface area contributed by atoms with Crippen LogP contribution in [0, 0.1) is 5.92 Å². The average Bonchev–Trinajstić information content (AvgIpc) is 2.26. The third-order valence-electron chi connectivity index (χ3n) is 2.21. The highest BCUT2D eigenvalue weighted by Gasteiger charge is 2.31. The Morgan fingerprint density at radius 3 is 2.43 bits per heavy atom. The van der Waals surface area contributed by atoms with Gasteiger partial charge in [0.1, 0.15) is 0 Å². The highest BCUT2D eigenvalue weighted by atomic mass is 19.4. The molecule has 0 aliphatic heterocycles. The molecule has 0 saturated heterocycles. The van der Waals surface area contributed by atoms with Crippen molar-refractivity contribution in [1.29, 1.82) is 0 Å². The van der Waals surface area contributed by atoms with E-state index < -0.39 is 11.7 Å². The number of hydrogen-bond donors (Lipinski definition) is 0. The Bertz CT molecular complexity index is 290. The molecule has 1 rings (SSSR count). The summed E-state index contributed by atoms with van der Waals surface area (Å²) in [5, 5.41) is 0. The van der Waals surface area contributed by atoms with E-state index in [1.54, 1.807) is 6.08 Å². The van der Waals surface area contributed by atoms with Gasteiger partial charge in [-0.3, -0.25) is 0 Å². The molecule has 0 aromatic carbocycles. The fourth-order valence-corrected chi connectivity index (χ4v) is 1.28. The summed E-state index contributed by atoms with van der Waals surface area (Å²) in [5.41, 5.74) is 0.477. The van der Waals surface area contributed by atoms with Crippen molar-refractivity contribution in [3.8, 4) is 0 Å². The Hall–Kier alpha value is -0.990. The fourth-order valence-electron chi connectivity index (χ4n) is 1.28. The van der Waals surface area contributed by atoms with Crippen molar-refractivity contribution >= 4 is 0 Å². The van der Waals surface area contributed by atoms with Crippen LogP contribution in [0.25, 0.3) is 0 Å². The lowest BCUT2D eigenvalue weighted by Crippen LogP contribution is -2.09. The van der Waals surface area contributed by atoms with Gasteiger partial charge < -0.3 is 0 Å². The molecular weight excluding hydrogens is 189 g/mol. The molecule has 1 aliphatic rings. The minimum absolute atomic E-state index is 0.295. The van der Waals surface area contributed by atoms with E-state index in [1.165, 1.54) is 12.2 Å². The summed E-state index contributed by atoms with van der Waals surface area (Å²) >= 11 is 0. The maximum Gasteiger partial charge on any atom is 0.416 e. The van der Waals surface area contributed by atoms with Gasteiger partial charge in [-0.1, -0.05) is 43.7 Å². The van der Waals surface area contributed by atoms with E-state index in [2.05, 4.69) is 0 Å². The van der Waals surface area contributed by atoms with Gasteiger partial charge >= 0.3 is 6.18 Å². The average molecular weight is 202 g/mol. The molecule has 1 aliphatic carbocycles. The molecule has 0 aromatic heterocycles. The summed E-state index contributed by atoms with van der Waals surface area (Å²) in [4.78, 5) is 0. The second-order valence-electron chi connectivity index (χ2n) is 3.62. The Morgan fingerprint density at radius 1 is 1.29 bits per heavy atom. The maximum atomic E-state index is 12.3. The predicted octanol–water partition coefficient (Wildman–Crippen LogP) is 4.02. The molecule has 0 saturated carbocycles. The van der Waals surface area contributed by atoms with Crippen LogP contribution >= 0.6 is 0 Å². The van der Waals surface area contributed by atoms with E-state index in [0.29, 0.717) is 12.3 Å². The highest BCUT2D eigenvalue weighted by molar-refractivity contribution is 5.33. The van der Waals surface area contributed by atoms with Gasteiger partial charge in [0.2, 0.25) is 0 Å². The van der Waals surface area contributed by atoms with Crippen LogP contribution in [0.3, 0.4) is 0 Å². The van der Waals surface area contributed by atoms with E-state index >= 15 is 0 Å². The standard InChI is InChI=1S/C11H13F3/c1-8(2)9-4-3-5-10(7-6-9)11(12,13)14/h3-5,7-8H,6H2,1-2H3. The molecule has 0 spiro atoms. The van der Waals surface area contributed by atoms with Gasteiger partial charge in [0.05, 0.1) is 5.57 Å². The molecule has 0 bridgehead atoms. The smallest absolute Gasteiger partial charge is 0.166 e. The van der Waals surface area contributed by atoms with Crippen LogP contribution in [0.2, 0.25) is 0 Å². The zero-order valence-electron chi connectivity index (χ0n) is 8.23. The molecule has 0 amide bonds. The molecule has 78 valence electrons. The van der Waals surface area contributed by atoms with Crippen LogP contribution in [0.1, 0.15) is 20.3 Å². The molecule has 14 heavy (non-hydrogen) atoms. The normalized spacial score (nSPS) is 17.9. The summed E-state index contributed by atoms with van der Waals surface area (Å²) in [6, 6.07) is 0. The molecule has 0 nitrogen and oxygen atoms in total. The van der Waals surface area contributed by atoms with Crippen LogP contribution < -0.4 is 0 Å². The summed E-state index contributed by atoms with van der Waals surface area (Å²) in [6.07, 6.45) is 1.77. The second-order valence-corrected chi connectivity index (χ2v) is 3.62. The lowest BCUT2D eigenvalue weighted by Gasteiger charge is -2.08. The molecule has 0 heterocycles. The zero-order valence-corrected chi connectivity index (χ0v) is 8.23. The number of allylic oxidation sites excluding steroid dienone is 6. The van der Waals surface area contributed by atoms with E-state index in [1.807, 2.05) is 13.8 Å². The first-order chi connectivity index (χ1) is 6.41. The van der Waals surface area contributed by atoms with Crippen molar-refractivity contribution < 1.29 is 13.2 Å². The molecular formula is C11H13F3. The van der Waals surface area contributed by atoms with E-state index in [9.17, 15) is 13.2 Å². The van der Waals surface area contributed by atoms with Crippen molar-refractivity contribution in [2.45, 2.75) is 26.4 Å². The summed E-state index contributed by atoms with van der Waals surface area (Å²) < 4.78 is 36.9. The molecule has 0 atom stereocenters. The van der Waals surface area contributed by atoms with Gasteiger partial charge in [-0.05, 0) is 12.3 Å². The van der Waals surface area contributed by atoms with Crippen LogP contribution in [0.15, 0.2) is 35.5 Å². The second kappa shape index (κ2) is 4.03. The van der Waals surface area contributed by atoms with Gasteiger partial charge in [0.25, 0.3) is 0 Å². The van der Waals surface area contributed by atoms with Gasteiger partial charge in [-0.25, -0.2) is 0 Å². The topological polar surface area (TPSA) is 0 Å². The molecule has 0 N–H and O–H groups in total. The Morgan fingerprint density at radius 2 is 1.93 bits per heavy atom. The van der Waals surface area contributed by atoms with Gasteiger partial charge in [0.15, 0.2) is 0 Å². The molecule has 0 radical (unpaired) electrons. The molecule has 0 unspecified atom stereocenters. The largest absolute Gasteiger partial charge is 0.416 e. The Labute approximate surface area is 81.8 Å². The van der Waals surface area contributed by atoms with E-state index in [-0.39, 0.29) is 0 Å². The fraction of sp³-hybridized carbons (Fsp3) is 0.455. The summed E-state index contributed by atoms with van der Waals surface area (Å²) in [5.74, 6) is 0.295. The maximum absolute atomic E-state index is 12.3. The lowest BCUT2D eigenvalue weighted by molar-refractivity contribution is -0.0883. The number of alkyl halides is 3. The number of hydrogen-bond acceptors (Lipinski definition) is 0. The van der Waals surface area contributed by atoms with Crippen molar-refractivity contribution in [2.75, 3.05) is 0 Å². The van der Waals surface area contributed by atoms with E-state index in [4.69, 9.17) is 0 Å². The first-order valence-corrected chi connectivity index (χ1v) is 4.55. The van der Waals surface area contributed by atoms with Crippen molar-refractivity contribution in [1.82, 2.24) is 0 Å². The highest BCUT2D eigenvalue weighted by Crippen LogP contribution is 2.30. The minimum Gasteiger partial charge on any atom is -0.166 e.